The van der Waals surface area contributed by atoms with Crippen LogP contribution in [0.1, 0.15) is 23.7 Å². The number of carboxylic acid groups (broad SMARTS) is 1. The van der Waals surface area contributed by atoms with E-state index in [2.05, 4.69) is 5.32 Å². The predicted octanol–water partition coefficient (Wildman–Crippen LogP) is 1.81. The number of hydrogen-bond donors (Lipinski definition) is 2. The van der Waals surface area contributed by atoms with E-state index in [1.807, 2.05) is 0 Å². The molecule has 130 valence electrons. The molecule has 0 saturated carbocycles. The van der Waals surface area contributed by atoms with Crippen molar-refractivity contribution in [2.45, 2.75) is 13.3 Å². The summed E-state index contributed by atoms with van der Waals surface area (Å²) in [5.74, 6) is -1.09. The van der Waals surface area contributed by atoms with Crippen molar-refractivity contribution in [3.8, 4) is 5.75 Å². The van der Waals surface area contributed by atoms with Crippen molar-refractivity contribution < 1.29 is 29.0 Å². The third-order valence-electron chi connectivity index (χ3n) is 4.15. The summed E-state index contributed by atoms with van der Waals surface area (Å²) in [5.41, 5.74) is -0.524. The zero-order valence-corrected chi connectivity index (χ0v) is 13.8. The summed E-state index contributed by atoms with van der Waals surface area (Å²) in [6.07, 6.45) is 0.377. The number of urea groups is 1. The van der Waals surface area contributed by atoms with Gasteiger partial charge in [-0.05, 0) is 31.5 Å². The second-order valence-corrected chi connectivity index (χ2v) is 5.87. The van der Waals surface area contributed by atoms with Crippen LogP contribution in [0.2, 0.25) is 0 Å². The first-order valence-electron chi connectivity index (χ1n) is 7.36. The van der Waals surface area contributed by atoms with Crippen LogP contribution < -0.4 is 10.1 Å². The average Bonchev–Trinajstić information content (AvgIpc) is 2.98. The van der Waals surface area contributed by atoms with Gasteiger partial charge in [-0.1, -0.05) is 0 Å². The quantitative estimate of drug-likeness (QED) is 0.813. The molecule has 8 nitrogen and oxygen atoms in total. The number of carbonyl (C=O) groups excluding carboxylic acids is 2. The Labute approximate surface area is 139 Å². The fraction of sp³-hybridized carbons (Fsp3) is 0.438. The molecule has 24 heavy (non-hydrogen) atoms. The van der Waals surface area contributed by atoms with Crippen molar-refractivity contribution in [3.63, 3.8) is 0 Å². The van der Waals surface area contributed by atoms with Crippen molar-refractivity contribution in [1.29, 1.82) is 0 Å². The third kappa shape index (κ3) is 3.42. The Kier molecular flexibility index (Phi) is 4.96. The molecule has 0 aliphatic carbocycles. The number of anilines is 1. The van der Waals surface area contributed by atoms with Crippen LogP contribution >= 0.6 is 0 Å². The summed E-state index contributed by atoms with van der Waals surface area (Å²) in [4.78, 5) is 36.9. The third-order valence-corrected chi connectivity index (χ3v) is 4.15. The van der Waals surface area contributed by atoms with E-state index in [0.29, 0.717) is 18.7 Å². The number of amides is 2. The van der Waals surface area contributed by atoms with Gasteiger partial charge in [0, 0.05) is 13.1 Å². The lowest BCUT2D eigenvalue weighted by Crippen LogP contribution is -2.37. The van der Waals surface area contributed by atoms with Crippen LogP contribution in [-0.4, -0.2) is 55.3 Å². The van der Waals surface area contributed by atoms with Crippen molar-refractivity contribution in [1.82, 2.24) is 4.90 Å². The van der Waals surface area contributed by atoms with Crippen molar-refractivity contribution >= 4 is 23.7 Å². The van der Waals surface area contributed by atoms with Crippen LogP contribution in [0, 0.1) is 5.41 Å². The number of methoxy groups -OCH3 is 2. The van der Waals surface area contributed by atoms with Gasteiger partial charge in [0.25, 0.3) is 0 Å². The number of hydrogen-bond acceptors (Lipinski definition) is 5. The van der Waals surface area contributed by atoms with Crippen LogP contribution in [0.3, 0.4) is 0 Å². The lowest BCUT2D eigenvalue weighted by molar-refractivity contribution is -0.146. The molecule has 0 bridgehead atoms. The smallest absolute Gasteiger partial charge is 0.340 e. The highest BCUT2D eigenvalue weighted by Gasteiger charge is 2.42. The summed E-state index contributed by atoms with van der Waals surface area (Å²) in [7, 11) is 2.71. The zero-order valence-electron chi connectivity index (χ0n) is 13.8. The number of likely N-dealkylation sites (tertiary alicyclic amines) is 1. The van der Waals surface area contributed by atoms with E-state index in [9.17, 15) is 19.5 Å². The number of carboxylic acids is 1. The molecule has 1 unspecified atom stereocenters. The van der Waals surface area contributed by atoms with Crippen LogP contribution in [0.5, 0.6) is 5.75 Å². The summed E-state index contributed by atoms with van der Waals surface area (Å²) in [6, 6.07) is 4.14. The Morgan fingerprint density at radius 1 is 1.29 bits per heavy atom. The molecule has 1 atom stereocenters. The van der Waals surface area contributed by atoms with Gasteiger partial charge in [-0.2, -0.15) is 0 Å². The predicted molar refractivity (Wildman–Crippen MR) is 85.3 cm³/mol. The average molecular weight is 336 g/mol. The highest BCUT2D eigenvalue weighted by Crippen LogP contribution is 2.31. The molecule has 2 rings (SSSR count). The van der Waals surface area contributed by atoms with Gasteiger partial charge in [-0.3, -0.25) is 4.79 Å². The fourth-order valence-electron chi connectivity index (χ4n) is 2.54. The Bertz CT molecular complexity index is 675. The molecule has 8 heteroatoms. The van der Waals surface area contributed by atoms with E-state index in [1.165, 1.54) is 31.3 Å². The van der Waals surface area contributed by atoms with Gasteiger partial charge >= 0.3 is 18.0 Å². The van der Waals surface area contributed by atoms with Crippen LogP contribution in [-0.2, 0) is 9.53 Å². The van der Waals surface area contributed by atoms with Gasteiger partial charge in [0.1, 0.15) is 5.75 Å². The number of esters is 1. The molecule has 1 heterocycles. The summed E-state index contributed by atoms with van der Waals surface area (Å²) in [6.45, 7) is 2.05. The normalized spacial score (nSPS) is 19.7. The van der Waals surface area contributed by atoms with E-state index in [0.717, 1.165) is 0 Å². The first kappa shape index (κ1) is 17.6. The van der Waals surface area contributed by atoms with E-state index < -0.39 is 23.4 Å². The number of ether oxygens (including phenoxy) is 2. The summed E-state index contributed by atoms with van der Waals surface area (Å²) < 4.78 is 9.78. The largest absolute Gasteiger partial charge is 0.497 e. The Morgan fingerprint density at radius 2 is 2.00 bits per heavy atom. The minimum atomic E-state index is -0.956. The number of carbonyl (C=O) groups is 3. The molecule has 1 aliphatic rings. The van der Waals surface area contributed by atoms with Gasteiger partial charge in [-0.15, -0.1) is 0 Å². The molecule has 2 N–H and O–H groups in total. The maximum absolute atomic E-state index is 12.4. The molecule has 0 spiro atoms. The molecule has 2 amide bonds. The van der Waals surface area contributed by atoms with Crippen molar-refractivity contribution in [2.75, 3.05) is 32.6 Å². The molecule has 1 aromatic rings. The lowest BCUT2D eigenvalue weighted by atomic mass is 9.90. The number of rotatable bonds is 4. The Morgan fingerprint density at radius 3 is 2.54 bits per heavy atom. The standard InChI is InChI=1S/C16H20N2O6/c1-16(14(20)21)6-7-18(9-16)15(22)17-12-5-4-10(23-2)8-11(12)13(19)24-3/h4-5,8H,6-7,9H2,1-3H3,(H,17,22)(H,20,21). The van der Waals surface area contributed by atoms with E-state index >= 15 is 0 Å². The van der Waals surface area contributed by atoms with Crippen molar-refractivity contribution in [3.05, 3.63) is 23.8 Å². The second-order valence-electron chi connectivity index (χ2n) is 5.87. The molecule has 1 saturated heterocycles. The molecule has 1 aliphatic heterocycles. The number of aliphatic carboxylic acids is 1. The van der Waals surface area contributed by atoms with E-state index in [4.69, 9.17) is 9.47 Å². The molecule has 1 fully saturated rings. The highest BCUT2D eigenvalue weighted by molar-refractivity contribution is 6.01. The second kappa shape index (κ2) is 6.77. The summed E-state index contributed by atoms with van der Waals surface area (Å²) in [5, 5.41) is 11.9. The number of benzene rings is 1. The van der Waals surface area contributed by atoms with Gasteiger partial charge in [0.05, 0.1) is 30.9 Å². The first-order valence-corrected chi connectivity index (χ1v) is 7.36. The first-order chi connectivity index (χ1) is 11.3. The van der Waals surface area contributed by atoms with Crippen molar-refractivity contribution in [2.24, 2.45) is 5.41 Å². The number of nitrogens with one attached hydrogen (secondary N) is 1. The Balaban J connectivity index is 2.18. The van der Waals surface area contributed by atoms with Crippen LogP contribution in [0.15, 0.2) is 18.2 Å². The molecular weight excluding hydrogens is 316 g/mol. The molecular formula is C16H20N2O6. The van der Waals surface area contributed by atoms with Crippen LogP contribution in [0.25, 0.3) is 0 Å². The Hall–Kier alpha value is -2.77. The maximum Gasteiger partial charge on any atom is 0.340 e. The van der Waals surface area contributed by atoms with Gasteiger partial charge in [-0.25, -0.2) is 9.59 Å². The topological polar surface area (TPSA) is 105 Å². The minimum absolute atomic E-state index is 0.109. The zero-order chi connectivity index (χ0) is 17.9. The van der Waals surface area contributed by atoms with Gasteiger partial charge < -0.3 is 24.8 Å². The van der Waals surface area contributed by atoms with E-state index in [1.54, 1.807) is 13.0 Å². The minimum Gasteiger partial charge on any atom is -0.497 e. The van der Waals surface area contributed by atoms with E-state index in [-0.39, 0.29) is 17.8 Å². The molecule has 0 aromatic heterocycles. The maximum atomic E-state index is 12.4. The summed E-state index contributed by atoms with van der Waals surface area (Å²) >= 11 is 0. The fourth-order valence-corrected chi connectivity index (χ4v) is 2.54. The van der Waals surface area contributed by atoms with Crippen LogP contribution in [0.4, 0.5) is 10.5 Å². The lowest BCUT2D eigenvalue weighted by Gasteiger charge is -2.21. The highest BCUT2D eigenvalue weighted by atomic mass is 16.5. The van der Waals surface area contributed by atoms with Gasteiger partial charge in [0.2, 0.25) is 0 Å². The molecule has 1 aromatic carbocycles. The monoisotopic (exact) mass is 336 g/mol. The SMILES string of the molecule is COC(=O)c1cc(OC)ccc1NC(=O)N1CCC(C)(C(=O)O)C1. The van der Waals surface area contributed by atoms with Gasteiger partial charge in [0.15, 0.2) is 0 Å². The molecule has 0 radical (unpaired) electrons. The number of nitrogens with zero attached hydrogens (tertiary/aromatic N) is 1.